The van der Waals surface area contributed by atoms with Crippen LogP contribution in [0.5, 0.6) is 0 Å². The highest BCUT2D eigenvalue weighted by Crippen LogP contribution is 2.25. The first-order valence-corrected chi connectivity index (χ1v) is 9.25. The maximum Gasteiger partial charge on any atom is 0.250 e. The summed E-state index contributed by atoms with van der Waals surface area (Å²) in [7, 11) is -3.44. The Balaban J connectivity index is 1.89. The number of likely N-dealkylation sites (tertiary alicyclic amines) is 1. The van der Waals surface area contributed by atoms with E-state index in [1.54, 1.807) is 6.07 Å². The molecule has 1 saturated heterocycles. The molecule has 2 rings (SSSR count). The lowest BCUT2D eigenvalue weighted by Gasteiger charge is -2.26. The molecule has 0 bridgehead atoms. The van der Waals surface area contributed by atoms with Gasteiger partial charge in [-0.25, -0.2) is 13.1 Å². The van der Waals surface area contributed by atoms with Crippen LogP contribution in [0.25, 0.3) is 0 Å². The first-order chi connectivity index (χ1) is 9.53. The van der Waals surface area contributed by atoms with Crippen molar-refractivity contribution in [2.45, 2.75) is 37.0 Å². The second-order valence-corrected chi connectivity index (χ2v) is 8.26. The van der Waals surface area contributed by atoms with Gasteiger partial charge in [0.25, 0.3) is 0 Å². The molecule has 0 aromatic carbocycles. The number of hydrogen-bond acceptors (Lipinski definition) is 5. The van der Waals surface area contributed by atoms with Crippen molar-refractivity contribution >= 4 is 21.4 Å². The van der Waals surface area contributed by atoms with E-state index in [1.807, 2.05) is 6.92 Å². The van der Waals surface area contributed by atoms with Gasteiger partial charge in [0, 0.05) is 18.0 Å². The fraction of sp³-hybridized carbons (Fsp3) is 0.692. The molecular weight excluding hydrogens is 296 g/mol. The number of piperidine rings is 1. The molecule has 5 nitrogen and oxygen atoms in total. The summed E-state index contributed by atoms with van der Waals surface area (Å²) in [6.45, 7) is 5.03. The van der Waals surface area contributed by atoms with Crippen molar-refractivity contribution in [3.05, 3.63) is 16.5 Å². The smallest absolute Gasteiger partial charge is 0.250 e. The summed E-state index contributed by atoms with van der Waals surface area (Å²) in [6, 6.07) is 1.62. The molecule has 0 spiro atoms. The third-order valence-corrected chi connectivity index (χ3v) is 6.73. The fourth-order valence-corrected chi connectivity index (χ4v) is 4.88. The highest BCUT2D eigenvalue weighted by atomic mass is 32.2. The molecule has 1 fully saturated rings. The van der Waals surface area contributed by atoms with E-state index in [4.69, 9.17) is 5.11 Å². The Labute approximate surface area is 124 Å². The molecule has 0 atom stereocenters. The van der Waals surface area contributed by atoms with E-state index in [0.717, 1.165) is 36.5 Å². The van der Waals surface area contributed by atoms with E-state index in [2.05, 4.69) is 9.62 Å². The average molecular weight is 318 g/mol. The SMILES string of the molecule is Cc1cc(S(=O)(=O)NCCN2CCCCC2)sc1CO. The van der Waals surface area contributed by atoms with Crippen LogP contribution in [-0.4, -0.2) is 44.6 Å². The zero-order chi connectivity index (χ0) is 14.6. The molecule has 1 aliphatic rings. The quantitative estimate of drug-likeness (QED) is 0.830. The fourth-order valence-electron chi connectivity index (χ4n) is 2.37. The van der Waals surface area contributed by atoms with Crippen molar-refractivity contribution in [1.82, 2.24) is 9.62 Å². The Hall–Kier alpha value is -0.470. The summed E-state index contributed by atoms with van der Waals surface area (Å²) < 4.78 is 27.2. The predicted octanol–water partition coefficient (Wildman–Crippen LogP) is 1.31. The Bertz CT molecular complexity index is 534. The van der Waals surface area contributed by atoms with Gasteiger partial charge in [0.1, 0.15) is 4.21 Å². The standard InChI is InChI=1S/C13H22N2O3S2/c1-11-9-13(19-12(11)10-16)20(17,18)14-5-8-15-6-3-2-4-7-15/h9,14,16H,2-8,10H2,1H3. The third kappa shape index (κ3) is 4.02. The van der Waals surface area contributed by atoms with Crippen molar-refractivity contribution in [2.24, 2.45) is 0 Å². The van der Waals surface area contributed by atoms with Gasteiger partial charge in [0.15, 0.2) is 0 Å². The topological polar surface area (TPSA) is 69.6 Å². The summed E-state index contributed by atoms with van der Waals surface area (Å²) in [5, 5.41) is 9.13. The van der Waals surface area contributed by atoms with Gasteiger partial charge < -0.3 is 10.0 Å². The molecule has 1 aromatic rings. The summed E-state index contributed by atoms with van der Waals surface area (Å²) >= 11 is 1.14. The molecule has 20 heavy (non-hydrogen) atoms. The molecule has 2 N–H and O–H groups in total. The van der Waals surface area contributed by atoms with Crippen LogP contribution in [0.3, 0.4) is 0 Å². The molecule has 0 radical (unpaired) electrons. The lowest BCUT2D eigenvalue weighted by atomic mass is 10.1. The number of sulfonamides is 1. The van der Waals surface area contributed by atoms with Crippen molar-refractivity contribution in [2.75, 3.05) is 26.2 Å². The molecule has 2 heterocycles. The van der Waals surface area contributed by atoms with Crippen LogP contribution < -0.4 is 4.72 Å². The first kappa shape index (κ1) is 15.9. The van der Waals surface area contributed by atoms with Gasteiger partial charge in [-0.05, 0) is 44.5 Å². The van der Waals surface area contributed by atoms with Crippen molar-refractivity contribution in [3.8, 4) is 0 Å². The van der Waals surface area contributed by atoms with E-state index >= 15 is 0 Å². The van der Waals surface area contributed by atoms with Crippen LogP contribution in [-0.2, 0) is 16.6 Å². The highest BCUT2D eigenvalue weighted by molar-refractivity contribution is 7.91. The highest BCUT2D eigenvalue weighted by Gasteiger charge is 2.19. The number of aliphatic hydroxyl groups is 1. The van der Waals surface area contributed by atoms with Crippen LogP contribution >= 0.6 is 11.3 Å². The zero-order valence-corrected chi connectivity index (χ0v) is 13.4. The Morgan fingerprint density at radius 1 is 1.35 bits per heavy atom. The number of nitrogens with zero attached hydrogens (tertiary/aromatic N) is 1. The third-order valence-electron chi connectivity index (χ3n) is 3.58. The number of thiophene rings is 1. The first-order valence-electron chi connectivity index (χ1n) is 6.95. The normalized spacial score (nSPS) is 17.5. The zero-order valence-electron chi connectivity index (χ0n) is 11.8. The molecule has 7 heteroatoms. The van der Waals surface area contributed by atoms with Crippen molar-refractivity contribution in [1.29, 1.82) is 0 Å². The molecule has 1 aliphatic heterocycles. The number of aryl methyl sites for hydroxylation is 1. The average Bonchev–Trinajstić information content (AvgIpc) is 2.82. The summed E-state index contributed by atoms with van der Waals surface area (Å²) in [5.74, 6) is 0. The number of aliphatic hydroxyl groups excluding tert-OH is 1. The molecule has 0 unspecified atom stereocenters. The second-order valence-electron chi connectivity index (χ2n) is 5.13. The van der Waals surface area contributed by atoms with Gasteiger partial charge in [-0.15, -0.1) is 11.3 Å². The lowest BCUT2D eigenvalue weighted by molar-refractivity contribution is 0.233. The van der Waals surface area contributed by atoms with Gasteiger partial charge in [0.2, 0.25) is 10.0 Å². The predicted molar refractivity (Wildman–Crippen MR) is 80.5 cm³/mol. The molecule has 1 aromatic heterocycles. The Morgan fingerprint density at radius 3 is 2.65 bits per heavy atom. The van der Waals surface area contributed by atoms with E-state index in [9.17, 15) is 8.42 Å². The van der Waals surface area contributed by atoms with Gasteiger partial charge in [-0.3, -0.25) is 0 Å². The van der Waals surface area contributed by atoms with Gasteiger partial charge in [-0.2, -0.15) is 0 Å². The van der Waals surface area contributed by atoms with Crippen molar-refractivity contribution in [3.63, 3.8) is 0 Å². The molecule has 0 saturated carbocycles. The minimum absolute atomic E-state index is 0.111. The van der Waals surface area contributed by atoms with Crippen LogP contribution in [0, 0.1) is 6.92 Å². The lowest BCUT2D eigenvalue weighted by Crippen LogP contribution is -2.37. The molecule has 0 amide bonds. The van der Waals surface area contributed by atoms with E-state index in [-0.39, 0.29) is 10.8 Å². The summed E-state index contributed by atoms with van der Waals surface area (Å²) in [5.41, 5.74) is 0.828. The monoisotopic (exact) mass is 318 g/mol. The summed E-state index contributed by atoms with van der Waals surface area (Å²) in [6.07, 6.45) is 3.69. The van der Waals surface area contributed by atoms with Gasteiger partial charge >= 0.3 is 0 Å². The van der Waals surface area contributed by atoms with E-state index < -0.39 is 10.0 Å². The largest absolute Gasteiger partial charge is 0.391 e. The van der Waals surface area contributed by atoms with E-state index in [0.29, 0.717) is 11.4 Å². The van der Waals surface area contributed by atoms with Gasteiger partial charge in [0.05, 0.1) is 6.61 Å². The van der Waals surface area contributed by atoms with Gasteiger partial charge in [-0.1, -0.05) is 6.42 Å². The van der Waals surface area contributed by atoms with E-state index in [1.165, 1.54) is 19.3 Å². The summed E-state index contributed by atoms with van der Waals surface area (Å²) in [4.78, 5) is 3.01. The molecule has 114 valence electrons. The van der Waals surface area contributed by atoms with Crippen LogP contribution in [0.15, 0.2) is 10.3 Å². The Kier molecular flexibility index (Phi) is 5.57. The maximum atomic E-state index is 12.2. The minimum Gasteiger partial charge on any atom is -0.391 e. The second kappa shape index (κ2) is 7.00. The van der Waals surface area contributed by atoms with Crippen LogP contribution in [0.2, 0.25) is 0 Å². The minimum atomic E-state index is -3.44. The van der Waals surface area contributed by atoms with Crippen LogP contribution in [0.1, 0.15) is 29.7 Å². The van der Waals surface area contributed by atoms with Crippen LogP contribution in [0.4, 0.5) is 0 Å². The maximum absolute atomic E-state index is 12.2. The Morgan fingerprint density at radius 2 is 2.05 bits per heavy atom. The molecular formula is C13H22N2O3S2. The number of nitrogens with one attached hydrogen (secondary N) is 1. The molecule has 0 aliphatic carbocycles. The van der Waals surface area contributed by atoms with Crippen molar-refractivity contribution < 1.29 is 13.5 Å². The number of rotatable bonds is 6. The number of hydrogen-bond donors (Lipinski definition) is 2.